The molecule has 0 aliphatic heterocycles. The van der Waals surface area contributed by atoms with Crippen LogP contribution in [0.15, 0.2) is 48.7 Å². The van der Waals surface area contributed by atoms with Crippen molar-refractivity contribution in [2.24, 2.45) is 5.92 Å². The van der Waals surface area contributed by atoms with Crippen molar-refractivity contribution in [3.63, 3.8) is 0 Å². The molecule has 1 N–H and O–H groups in total. The summed E-state index contributed by atoms with van der Waals surface area (Å²) < 4.78 is 7.11. The zero-order valence-corrected chi connectivity index (χ0v) is 16.1. The fourth-order valence-corrected chi connectivity index (χ4v) is 3.11. The molecule has 6 heteroatoms. The van der Waals surface area contributed by atoms with E-state index >= 15 is 0 Å². The van der Waals surface area contributed by atoms with Crippen molar-refractivity contribution in [3.05, 3.63) is 60.0 Å². The Morgan fingerprint density at radius 2 is 1.93 bits per heavy atom. The van der Waals surface area contributed by atoms with Gasteiger partial charge in [0.05, 0.1) is 13.2 Å². The molecule has 0 saturated heterocycles. The maximum absolute atomic E-state index is 12.6. The second-order valence-electron chi connectivity index (χ2n) is 7.08. The van der Waals surface area contributed by atoms with E-state index in [4.69, 9.17) is 4.74 Å². The van der Waals surface area contributed by atoms with E-state index in [9.17, 15) is 4.79 Å². The van der Waals surface area contributed by atoms with E-state index < -0.39 is 0 Å². The molecular formula is C21H26N4O2. The summed E-state index contributed by atoms with van der Waals surface area (Å²) in [7, 11) is 1.64. The number of ether oxygens (including phenoxy) is 1. The average Bonchev–Trinajstić information content (AvgIpc) is 3.10. The Bertz CT molecular complexity index is 887. The van der Waals surface area contributed by atoms with Crippen LogP contribution in [0, 0.1) is 5.92 Å². The first-order valence-electron chi connectivity index (χ1n) is 9.28. The van der Waals surface area contributed by atoms with Gasteiger partial charge in [-0.15, -0.1) is 10.2 Å². The average molecular weight is 366 g/mol. The molecule has 0 aliphatic rings. The second-order valence-corrected chi connectivity index (χ2v) is 7.08. The Morgan fingerprint density at radius 3 is 2.63 bits per heavy atom. The second kappa shape index (κ2) is 8.66. The summed E-state index contributed by atoms with van der Waals surface area (Å²) in [5.41, 5.74) is 1.90. The van der Waals surface area contributed by atoms with Gasteiger partial charge in [0.15, 0.2) is 11.5 Å². The third kappa shape index (κ3) is 4.84. The standard InChI is InChI=1S/C21H26N4O2/c1-15(2)14-18(21-24-23-19-6-4-5-13-25(19)21)22-20(26)12-9-16-7-10-17(27-3)11-8-16/h4-8,10-11,13,15,18H,9,12,14H2,1-3H3,(H,22,26)/t18-/m1/s1. The highest BCUT2D eigenvalue weighted by molar-refractivity contribution is 5.76. The molecule has 1 aromatic carbocycles. The minimum Gasteiger partial charge on any atom is -0.497 e. The lowest BCUT2D eigenvalue weighted by Crippen LogP contribution is -2.31. The highest BCUT2D eigenvalue weighted by atomic mass is 16.5. The molecule has 2 heterocycles. The van der Waals surface area contributed by atoms with E-state index in [-0.39, 0.29) is 11.9 Å². The van der Waals surface area contributed by atoms with Crippen LogP contribution >= 0.6 is 0 Å². The maximum Gasteiger partial charge on any atom is 0.220 e. The summed E-state index contributed by atoms with van der Waals surface area (Å²) in [5, 5.41) is 11.7. The number of rotatable bonds is 8. The number of benzene rings is 1. The lowest BCUT2D eigenvalue weighted by molar-refractivity contribution is -0.122. The van der Waals surface area contributed by atoms with Gasteiger partial charge in [-0.2, -0.15) is 0 Å². The Balaban J connectivity index is 1.67. The molecule has 3 aromatic rings. The Morgan fingerprint density at radius 1 is 1.15 bits per heavy atom. The monoisotopic (exact) mass is 366 g/mol. The molecule has 27 heavy (non-hydrogen) atoms. The van der Waals surface area contributed by atoms with E-state index in [2.05, 4.69) is 29.4 Å². The first-order chi connectivity index (χ1) is 13.1. The van der Waals surface area contributed by atoms with Gasteiger partial charge in [0.1, 0.15) is 5.75 Å². The molecule has 0 unspecified atom stereocenters. The van der Waals surface area contributed by atoms with Crippen LogP contribution in [0.5, 0.6) is 5.75 Å². The smallest absolute Gasteiger partial charge is 0.220 e. The quantitative estimate of drug-likeness (QED) is 0.662. The predicted octanol–water partition coefficient (Wildman–Crippen LogP) is 3.57. The highest BCUT2D eigenvalue weighted by Gasteiger charge is 2.21. The molecule has 142 valence electrons. The summed E-state index contributed by atoms with van der Waals surface area (Å²) in [5.74, 6) is 2.04. The van der Waals surface area contributed by atoms with Crippen molar-refractivity contribution in [1.29, 1.82) is 0 Å². The minimum absolute atomic E-state index is 0.0177. The Labute approximate surface area is 159 Å². The summed E-state index contributed by atoms with van der Waals surface area (Å²) >= 11 is 0. The number of methoxy groups -OCH3 is 1. The topological polar surface area (TPSA) is 68.5 Å². The van der Waals surface area contributed by atoms with Gasteiger partial charge in [0.2, 0.25) is 5.91 Å². The molecule has 0 spiro atoms. The first-order valence-corrected chi connectivity index (χ1v) is 9.28. The fraction of sp³-hybridized carbons (Fsp3) is 0.381. The molecule has 1 amide bonds. The molecule has 0 saturated carbocycles. The van der Waals surface area contributed by atoms with Crippen LogP contribution in [-0.2, 0) is 11.2 Å². The van der Waals surface area contributed by atoms with Gasteiger partial charge >= 0.3 is 0 Å². The highest BCUT2D eigenvalue weighted by Crippen LogP contribution is 2.21. The Hall–Kier alpha value is -2.89. The molecular weight excluding hydrogens is 340 g/mol. The Kier molecular flexibility index (Phi) is 6.06. The zero-order chi connectivity index (χ0) is 19.2. The summed E-state index contributed by atoms with van der Waals surface area (Å²) in [6, 6.07) is 13.4. The van der Waals surface area contributed by atoms with Gasteiger partial charge in [-0.05, 0) is 48.6 Å². The number of aryl methyl sites for hydroxylation is 1. The van der Waals surface area contributed by atoms with Crippen LogP contribution in [0.25, 0.3) is 5.65 Å². The third-order valence-corrected chi connectivity index (χ3v) is 4.49. The fourth-order valence-electron chi connectivity index (χ4n) is 3.11. The number of carbonyl (C=O) groups excluding carboxylic acids is 1. The number of amides is 1. The molecule has 1 atom stereocenters. The van der Waals surface area contributed by atoms with Crippen LogP contribution < -0.4 is 10.1 Å². The number of nitrogens with one attached hydrogen (secondary N) is 1. The summed E-state index contributed by atoms with van der Waals surface area (Å²) in [6.07, 6.45) is 3.86. The van der Waals surface area contributed by atoms with Gasteiger partial charge in [-0.25, -0.2) is 0 Å². The van der Waals surface area contributed by atoms with Crippen LogP contribution in [0.2, 0.25) is 0 Å². The van der Waals surface area contributed by atoms with Gasteiger partial charge in [-0.3, -0.25) is 9.20 Å². The minimum atomic E-state index is -0.161. The molecule has 0 fully saturated rings. The van der Waals surface area contributed by atoms with E-state index in [1.54, 1.807) is 7.11 Å². The first kappa shape index (κ1) is 18.9. The van der Waals surface area contributed by atoms with Crippen molar-refractivity contribution in [2.75, 3.05) is 7.11 Å². The molecule has 0 radical (unpaired) electrons. The van der Waals surface area contributed by atoms with Gasteiger partial charge < -0.3 is 10.1 Å². The summed E-state index contributed by atoms with van der Waals surface area (Å²) in [4.78, 5) is 12.6. The SMILES string of the molecule is COc1ccc(CCC(=O)N[C@H](CC(C)C)c2nnc3ccccn23)cc1. The third-order valence-electron chi connectivity index (χ3n) is 4.49. The molecule has 2 aromatic heterocycles. The predicted molar refractivity (Wildman–Crippen MR) is 105 cm³/mol. The summed E-state index contributed by atoms with van der Waals surface area (Å²) in [6.45, 7) is 4.28. The number of hydrogen-bond acceptors (Lipinski definition) is 4. The number of pyridine rings is 1. The lowest BCUT2D eigenvalue weighted by Gasteiger charge is -2.19. The van der Waals surface area contributed by atoms with Gasteiger partial charge in [0, 0.05) is 12.6 Å². The van der Waals surface area contributed by atoms with Gasteiger partial charge in [0.25, 0.3) is 0 Å². The number of carbonyl (C=O) groups is 1. The van der Waals surface area contributed by atoms with E-state index in [0.717, 1.165) is 29.2 Å². The number of fused-ring (bicyclic) bond motifs is 1. The molecule has 0 aliphatic carbocycles. The van der Waals surface area contributed by atoms with Crippen molar-refractivity contribution >= 4 is 11.6 Å². The van der Waals surface area contributed by atoms with Crippen LogP contribution in [-0.4, -0.2) is 27.6 Å². The van der Waals surface area contributed by atoms with Crippen molar-refractivity contribution in [2.45, 2.75) is 39.2 Å². The molecule has 3 rings (SSSR count). The normalized spacial score (nSPS) is 12.3. The van der Waals surface area contributed by atoms with Crippen molar-refractivity contribution in [1.82, 2.24) is 19.9 Å². The van der Waals surface area contributed by atoms with Gasteiger partial charge in [-0.1, -0.05) is 32.0 Å². The van der Waals surface area contributed by atoms with Crippen LogP contribution in [0.4, 0.5) is 0 Å². The lowest BCUT2D eigenvalue weighted by atomic mass is 10.0. The van der Waals surface area contributed by atoms with Crippen molar-refractivity contribution < 1.29 is 9.53 Å². The maximum atomic E-state index is 12.6. The largest absolute Gasteiger partial charge is 0.497 e. The zero-order valence-electron chi connectivity index (χ0n) is 16.1. The number of aromatic nitrogens is 3. The molecule has 0 bridgehead atoms. The van der Waals surface area contributed by atoms with Crippen LogP contribution in [0.3, 0.4) is 0 Å². The van der Waals surface area contributed by atoms with E-state index in [1.165, 1.54) is 0 Å². The van der Waals surface area contributed by atoms with E-state index in [1.807, 2.05) is 53.1 Å². The van der Waals surface area contributed by atoms with E-state index in [0.29, 0.717) is 18.8 Å². The number of hydrogen-bond donors (Lipinski definition) is 1. The molecule has 6 nitrogen and oxygen atoms in total. The van der Waals surface area contributed by atoms with Crippen LogP contribution in [0.1, 0.15) is 44.1 Å². The van der Waals surface area contributed by atoms with Crippen molar-refractivity contribution in [3.8, 4) is 5.75 Å². The number of nitrogens with zero attached hydrogens (tertiary/aromatic N) is 3.